The van der Waals surface area contributed by atoms with Crippen LogP contribution in [0.2, 0.25) is 5.02 Å². The van der Waals surface area contributed by atoms with Crippen LogP contribution in [-0.2, 0) is 20.7 Å². The molecule has 0 aliphatic rings. The molecule has 5 heteroatoms. The molecule has 1 rings (SSSR count). The minimum Gasteiger partial charge on any atom is -0.481 e. The second kappa shape index (κ2) is 8.95. The lowest BCUT2D eigenvalue weighted by molar-refractivity contribution is -0.137. The molecule has 0 bridgehead atoms. The summed E-state index contributed by atoms with van der Waals surface area (Å²) in [6.45, 7) is 2.15. The van der Waals surface area contributed by atoms with Gasteiger partial charge in [-0.25, -0.2) is 0 Å². The third kappa shape index (κ3) is 5.90. The van der Waals surface area contributed by atoms with Gasteiger partial charge < -0.3 is 14.6 Å². The lowest BCUT2D eigenvalue weighted by Gasteiger charge is -2.15. The van der Waals surface area contributed by atoms with Crippen molar-refractivity contribution in [2.75, 3.05) is 13.9 Å². The van der Waals surface area contributed by atoms with E-state index in [-0.39, 0.29) is 19.3 Å². The standard InChI is InChI=1S/C15H21ClO4/c1-11(20-10-19-2)13-8-7-12(9-14(13)16)5-3-4-6-15(17)18/h7-9,11H,3-6,10H2,1-2H3,(H,17,18)/t11-/m0/s1. The van der Waals surface area contributed by atoms with E-state index in [0.717, 1.165) is 24.0 Å². The first-order valence-corrected chi connectivity index (χ1v) is 7.03. The number of carboxylic acid groups (broad SMARTS) is 1. The highest BCUT2D eigenvalue weighted by molar-refractivity contribution is 6.31. The minimum absolute atomic E-state index is 0.122. The third-order valence-corrected chi connectivity index (χ3v) is 3.37. The number of hydrogen-bond acceptors (Lipinski definition) is 3. The van der Waals surface area contributed by atoms with Crippen molar-refractivity contribution in [1.82, 2.24) is 0 Å². The molecular weight excluding hydrogens is 280 g/mol. The average molecular weight is 301 g/mol. The Hall–Kier alpha value is -1.10. The molecule has 0 aliphatic carbocycles. The summed E-state index contributed by atoms with van der Waals surface area (Å²) in [5, 5.41) is 9.25. The molecule has 1 atom stereocenters. The van der Waals surface area contributed by atoms with E-state index in [2.05, 4.69) is 0 Å². The lowest BCUT2D eigenvalue weighted by Crippen LogP contribution is -2.04. The topological polar surface area (TPSA) is 55.8 Å². The van der Waals surface area contributed by atoms with E-state index in [1.165, 1.54) is 0 Å². The maximum Gasteiger partial charge on any atom is 0.303 e. The second-order valence-electron chi connectivity index (χ2n) is 4.67. The van der Waals surface area contributed by atoms with Crippen molar-refractivity contribution in [3.05, 3.63) is 34.3 Å². The number of unbranched alkanes of at least 4 members (excludes halogenated alkanes) is 1. The number of hydrogen-bond donors (Lipinski definition) is 1. The van der Waals surface area contributed by atoms with Crippen LogP contribution in [0.1, 0.15) is 43.4 Å². The van der Waals surface area contributed by atoms with E-state index >= 15 is 0 Å². The minimum atomic E-state index is -0.748. The molecule has 0 saturated carbocycles. The summed E-state index contributed by atoms with van der Waals surface area (Å²) >= 11 is 6.25. The number of halogens is 1. The summed E-state index contributed by atoms with van der Waals surface area (Å²) in [5.41, 5.74) is 2.04. The number of carboxylic acids is 1. The highest BCUT2D eigenvalue weighted by Crippen LogP contribution is 2.27. The van der Waals surface area contributed by atoms with Gasteiger partial charge in [0.05, 0.1) is 6.10 Å². The molecule has 0 amide bonds. The molecule has 0 unspecified atom stereocenters. The van der Waals surface area contributed by atoms with E-state index in [1.54, 1.807) is 7.11 Å². The van der Waals surface area contributed by atoms with Crippen LogP contribution in [0.3, 0.4) is 0 Å². The Morgan fingerprint density at radius 1 is 1.40 bits per heavy atom. The molecule has 0 spiro atoms. The van der Waals surface area contributed by atoms with Crippen LogP contribution in [0.5, 0.6) is 0 Å². The van der Waals surface area contributed by atoms with Crippen molar-refractivity contribution in [3.8, 4) is 0 Å². The fourth-order valence-corrected chi connectivity index (χ4v) is 2.28. The predicted molar refractivity (Wildman–Crippen MR) is 78.0 cm³/mol. The van der Waals surface area contributed by atoms with Crippen LogP contribution in [0.4, 0.5) is 0 Å². The van der Waals surface area contributed by atoms with Crippen molar-refractivity contribution < 1.29 is 19.4 Å². The van der Waals surface area contributed by atoms with Gasteiger partial charge in [0.25, 0.3) is 0 Å². The molecule has 1 aromatic rings. The van der Waals surface area contributed by atoms with Gasteiger partial charge in [0.15, 0.2) is 0 Å². The first kappa shape index (κ1) is 17.0. The number of methoxy groups -OCH3 is 1. The Bertz CT molecular complexity index is 434. The molecule has 1 N–H and O–H groups in total. The number of aryl methyl sites for hydroxylation is 1. The molecule has 0 aromatic heterocycles. The predicted octanol–water partition coefficient (Wildman–Crippen LogP) is 3.82. The monoisotopic (exact) mass is 300 g/mol. The second-order valence-corrected chi connectivity index (χ2v) is 5.08. The lowest BCUT2D eigenvalue weighted by atomic mass is 10.0. The van der Waals surface area contributed by atoms with Crippen molar-refractivity contribution in [1.29, 1.82) is 0 Å². The van der Waals surface area contributed by atoms with E-state index in [1.807, 2.05) is 25.1 Å². The summed E-state index contributed by atoms with van der Waals surface area (Å²) in [4.78, 5) is 10.4. The van der Waals surface area contributed by atoms with Gasteiger partial charge in [0.1, 0.15) is 6.79 Å². The first-order valence-electron chi connectivity index (χ1n) is 6.65. The Morgan fingerprint density at radius 3 is 2.75 bits per heavy atom. The van der Waals surface area contributed by atoms with Gasteiger partial charge >= 0.3 is 5.97 Å². The van der Waals surface area contributed by atoms with E-state index in [9.17, 15) is 4.79 Å². The molecule has 4 nitrogen and oxygen atoms in total. The van der Waals surface area contributed by atoms with Crippen LogP contribution < -0.4 is 0 Å². The number of ether oxygens (including phenoxy) is 2. The summed E-state index contributed by atoms with van der Waals surface area (Å²) in [7, 11) is 1.58. The Morgan fingerprint density at radius 2 is 2.15 bits per heavy atom. The summed E-state index contributed by atoms with van der Waals surface area (Å²) in [6, 6.07) is 5.88. The SMILES string of the molecule is COCO[C@@H](C)c1ccc(CCCCC(=O)O)cc1Cl. The third-order valence-electron chi connectivity index (χ3n) is 3.04. The van der Waals surface area contributed by atoms with Gasteiger partial charge in [0.2, 0.25) is 0 Å². The fraction of sp³-hybridized carbons (Fsp3) is 0.533. The van der Waals surface area contributed by atoms with Gasteiger partial charge in [-0.15, -0.1) is 0 Å². The number of aliphatic carboxylic acids is 1. The van der Waals surface area contributed by atoms with Crippen LogP contribution in [0.25, 0.3) is 0 Å². The van der Waals surface area contributed by atoms with Gasteiger partial charge in [0, 0.05) is 18.6 Å². The molecule has 0 aliphatic heterocycles. The number of benzene rings is 1. The summed E-state index contributed by atoms with van der Waals surface area (Å²) in [6.07, 6.45) is 2.46. The van der Waals surface area contributed by atoms with Crippen LogP contribution >= 0.6 is 11.6 Å². The van der Waals surface area contributed by atoms with Crippen LogP contribution in [-0.4, -0.2) is 25.0 Å². The zero-order valence-corrected chi connectivity index (χ0v) is 12.7. The van der Waals surface area contributed by atoms with Crippen LogP contribution in [0.15, 0.2) is 18.2 Å². The molecule has 0 heterocycles. The van der Waals surface area contributed by atoms with Crippen molar-refractivity contribution >= 4 is 17.6 Å². The number of carbonyl (C=O) groups is 1. The smallest absolute Gasteiger partial charge is 0.303 e. The highest BCUT2D eigenvalue weighted by Gasteiger charge is 2.10. The zero-order chi connectivity index (χ0) is 15.0. The Balaban J connectivity index is 2.52. The molecule has 0 saturated heterocycles. The molecule has 0 radical (unpaired) electrons. The zero-order valence-electron chi connectivity index (χ0n) is 11.9. The average Bonchev–Trinajstić information content (AvgIpc) is 2.41. The fourth-order valence-electron chi connectivity index (χ4n) is 1.92. The molecule has 1 aromatic carbocycles. The van der Waals surface area contributed by atoms with Gasteiger partial charge in [-0.3, -0.25) is 4.79 Å². The van der Waals surface area contributed by atoms with E-state index in [0.29, 0.717) is 11.4 Å². The van der Waals surface area contributed by atoms with Crippen molar-refractivity contribution in [3.63, 3.8) is 0 Å². The van der Waals surface area contributed by atoms with Gasteiger partial charge in [-0.05, 0) is 43.4 Å². The van der Waals surface area contributed by atoms with Crippen LogP contribution in [0, 0.1) is 0 Å². The van der Waals surface area contributed by atoms with E-state index in [4.69, 9.17) is 26.2 Å². The number of rotatable bonds is 9. The van der Waals surface area contributed by atoms with Crippen molar-refractivity contribution in [2.24, 2.45) is 0 Å². The highest BCUT2D eigenvalue weighted by atomic mass is 35.5. The molecular formula is C15H21ClO4. The van der Waals surface area contributed by atoms with E-state index < -0.39 is 5.97 Å². The quantitative estimate of drug-likeness (QED) is 0.556. The maximum absolute atomic E-state index is 10.4. The Labute approximate surface area is 124 Å². The van der Waals surface area contributed by atoms with Crippen molar-refractivity contribution in [2.45, 2.75) is 38.7 Å². The molecule has 0 fully saturated rings. The largest absolute Gasteiger partial charge is 0.481 e. The summed E-state index contributed by atoms with van der Waals surface area (Å²) < 4.78 is 10.3. The normalized spacial score (nSPS) is 12.3. The summed E-state index contributed by atoms with van der Waals surface area (Å²) in [5.74, 6) is -0.748. The maximum atomic E-state index is 10.4. The Kier molecular flexibility index (Phi) is 7.59. The van der Waals surface area contributed by atoms with Gasteiger partial charge in [-0.1, -0.05) is 23.7 Å². The molecule has 112 valence electrons. The molecule has 20 heavy (non-hydrogen) atoms. The van der Waals surface area contributed by atoms with Gasteiger partial charge in [-0.2, -0.15) is 0 Å². The first-order chi connectivity index (χ1) is 9.54.